The topological polar surface area (TPSA) is 86.5 Å². The number of hydrogen-bond acceptors (Lipinski definition) is 6. The molecular weight excluding hydrogens is 362 g/mol. The number of ether oxygens (including phenoxy) is 2. The number of nitrogens with zero attached hydrogens (tertiary/aromatic N) is 1. The Bertz CT molecular complexity index is 672. The minimum atomic E-state index is -0.220. The fourth-order valence-corrected chi connectivity index (χ4v) is 3.24. The summed E-state index contributed by atoms with van der Waals surface area (Å²) in [5.74, 6) is 0.546. The minimum absolute atomic E-state index is 0. The number of nitrogens with one attached hydrogen (secondary N) is 1. The van der Waals surface area contributed by atoms with Gasteiger partial charge in [0, 0.05) is 24.1 Å². The van der Waals surface area contributed by atoms with E-state index in [0.29, 0.717) is 31.0 Å². The average molecular weight is 384 g/mol. The van der Waals surface area contributed by atoms with Crippen LogP contribution in [0.1, 0.15) is 28.3 Å². The zero-order valence-corrected chi connectivity index (χ0v) is 15.4. The molecule has 1 aromatic carbocycles. The molecule has 2 heterocycles. The summed E-state index contributed by atoms with van der Waals surface area (Å²) >= 11 is 1.45. The van der Waals surface area contributed by atoms with Crippen LogP contribution in [0.5, 0.6) is 5.75 Å². The minimum Gasteiger partial charge on any atom is -0.491 e. The Balaban J connectivity index is 0.00000225. The number of anilines is 1. The summed E-state index contributed by atoms with van der Waals surface area (Å²) in [5.41, 5.74) is 6.62. The second-order valence-electron chi connectivity index (χ2n) is 5.59. The van der Waals surface area contributed by atoms with E-state index in [1.807, 2.05) is 24.3 Å². The largest absolute Gasteiger partial charge is 0.491 e. The average Bonchev–Trinajstić information content (AvgIpc) is 3.26. The van der Waals surface area contributed by atoms with Crippen molar-refractivity contribution in [3.8, 4) is 5.75 Å². The number of carbonyl (C=O) groups is 1. The normalized spacial score (nSPS) is 16.3. The quantitative estimate of drug-likeness (QED) is 0.767. The maximum atomic E-state index is 12.2. The fraction of sp³-hybridized carbons (Fsp3) is 0.412. The maximum Gasteiger partial charge on any atom is 0.275 e. The molecule has 0 aliphatic carbocycles. The van der Waals surface area contributed by atoms with E-state index in [2.05, 4.69) is 10.3 Å². The molecule has 0 radical (unpaired) electrons. The predicted octanol–water partition coefficient (Wildman–Crippen LogP) is 2.88. The van der Waals surface area contributed by atoms with Crippen LogP contribution in [0, 0.1) is 0 Å². The van der Waals surface area contributed by atoms with Crippen LogP contribution >= 0.6 is 23.7 Å². The Labute approximate surface area is 157 Å². The van der Waals surface area contributed by atoms with Gasteiger partial charge in [0.2, 0.25) is 0 Å². The molecule has 25 heavy (non-hydrogen) atoms. The molecule has 1 aliphatic rings. The lowest BCUT2D eigenvalue weighted by Crippen LogP contribution is -2.16. The van der Waals surface area contributed by atoms with Crippen LogP contribution in [0.3, 0.4) is 0 Å². The van der Waals surface area contributed by atoms with Gasteiger partial charge in [0.1, 0.15) is 18.1 Å². The second kappa shape index (κ2) is 9.72. The van der Waals surface area contributed by atoms with Crippen molar-refractivity contribution in [1.29, 1.82) is 0 Å². The monoisotopic (exact) mass is 383 g/mol. The van der Waals surface area contributed by atoms with Gasteiger partial charge in [0.05, 0.1) is 11.1 Å². The van der Waals surface area contributed by atoms with Crippen molar-refractivity contribution < 1.29 is 14.3 Å². The maximum absolute atomic E-state index is 12.2. The number of carbonyl (C=O) groups excluding carboxylic acids is 1. The van der Waals surface area contributed by atoms with Crippen LogP contribution in [0.15, 0.2) is 29.6 Å². The SMILES string of the molecule is Cl.NCCc1nc(C(=O)Nc2ccc(OCC3CCCO3)cc2)cs1. The second-order valence-corrected chi connectivity index (χ2v) is 6.53. The number of nitrogens with two attached hydrogens (primary N) is 1. The smallest absolute Gasteiger partial charge is 0.275 e. The molecule has 0 bridgehead atoms. The van der Waals surface area contributed by atoms with Crippen molar-refractivity contribution in [2.45, 2.75) is 25.4 Å². The summed E-state index contributed by atoms with van der Waals surface area (Å²) < 4.78 is 11.2. The zero-order valence-electron chi connectivity index (χ0n) is 13.8. The molecule has 1 aromatic heterocycles. The van der Waals surface area contributed by atoms with E-state index in [1.54, 1.807) is 5.38 Å². The van der Waals surface area contributed by atoms with Gasteiger partial charge in [-0.15, -0.1) is 23.7 Å². The van der Waals surface area contributed by atoms with Crippen molar-refractivity contribution in [2.75, 3.05) is 25.1 Å². The van der Waals surface area contributed by atoms with Crippen molar-refractivity contribution in [3.63, 3.8) is 0 Å². The van der Waals surface area contributed by atoms with Crippen molar-refractivity contribution in [3.05, 3.63) is 40.3 Å². The highest BCUT2D eigenvalue weighted by molar-refractivity contribution is 7.09. The summed E-state index contributed by atoms with van der Waals surface area (Å²) in [6.45, 7) is 1.92. The molecule has 3 rings (SSSR count). The standard InChI is InChI=1S/C17H21N3O3S.ClH/c18-8-7-16-20-15(11-24-16)17(21)19-12-3-5-13(6-4-12)23-10-14-2-1-9-22-14;/h3-6,11,14H,1-2,7-10,18H2,(H,19,21);1H. The van der Waals surface area contributed by atoms with E-state index in [0.717, 1.165) is 30.2 Å². The summed E-state index contributed by atoms with van der Waals surface area (Å²) in [7, 11) is 0. The number of hydrogen-bond donors (Lipinski definition) is 2. The Hall–Kier alpha value is -1.67. The van der Waals surface area contributed by atoms with E-state index < -0.39 is 0 Å². The first-order chi connectivity index (χ1) is 11.7. The molecule has 0 saturated carbocycles. The van der Waals surface area contributed by atoms with E-state index in [9.17, 15) is 4.79 Å². The number of thiazole rings is 1. The van der Waals surface area contributed by atoms with Gasteiger partial charge in [-0.1, -0.05) is 0 Å². The third-order valence-corrected chi connectivity index (χ3v) is 4.62. The van der Waals surface area contributed by atoms with Crippen LogP contribution in [-0.2, 0) is 11.2 Å². The van der Waals surface area contributed by atoms with Crippen LogP contribution in [0.25, 0.3) is 0 Å². The highest BCUT2D eigenvalue weighted by atomic mass is 35.5. The van der Waals surface area contributed by atoms with Gasteiger partial charge >= 0.3 is 0 Å². The molecular formula is C17H22ClN3O3S. The van der Waals surface area contributed by atoms with E-state index in [1.165, 1.54) is 11.3 Å². The first kappa shape index (κ1) is 19.7. The van der Waals surface area contributed by atoms with E-state index in [-0.39, 0.29) is 24.4 Å². The number of benzene rings is 1. The van der Waals surface area contributed by atoms with Crippen LogP contribution in [0.4, 0.5) is 5.69 Å². The molecule has 3 N–H and O–H groups in total. The fourth-order valence-electron chi connectivity index (χ4n) is 2.45. The Morgan fingerprint density at radius 3 is 2.88 bits per heavy atom. The summed E-state index contributed by atoms with van der Waals surface area (Å²) in [5, 5.41) is 5.46. The molecule has 1 saturated heterocycles. The highest BCUT2D eigenvalue weighted by Gasteiger charge is 2.16. The van der Waals surface area contributed by atoms with Crippen LogP contribution in [0.2, 0.25) is 0 Å². The Kier molecular flexibility index (Phi) is 7.64. The van der Waals surface area contributed by atoms with Crippen molar-refractivity contribution >= 4 is 35.3 Å². The number of rotatable bonds is 7. The third kappa shape index (κ3) is 5.67. The van der Waals surface area contributed by atoms with Gasteiger partial charge in [-0.2, -0.15) is 0 Å². The summed E-state index contributed by atoms with van der Waals surface area (Å²) in [6.07, 6.45) is 3.03. The van der Waals surface area contributed by atoms with E-state index in [4.69, 9.17) is 15.2 Å². The summed E-state index contributed by atoms with van der Waals surface area (Å²) in [6, 6.07) is 7.31. The van der Waals surface area contributed by atoms with Gasteiger partial charge in [-0.25, -0.2) is 4.98 Å². The Morgan fingerprint density at radius 1 is 1.40 bits per heavy atom. The molecule has 1 amide bonds. The molecule has 6 nitrogen and oxygen atoms in total. The molecule has 0 spiro atoms. The lowest BCUT2D eigenvalue weighted by molar-refractivity contribution is 0.0679. The van der Waals surface area contributed by atoms with E-state index >= 15 is 0 Å². The van der Waals surface area contributed by atoms with Gasteiger partial charge in [0.15, 0.2) is 0 Å². The first-order valence-electron chi connectivity index (χ1n) is 8.05. The molecule has 8 heteroatoms. The molecule has 1 fully saturated rings. The zero-order chi connectivity index (χ0) is 16.8. The van der Waals surface area contributed by atoms with Crippen molar-refractivity contribution in [1.82, 2.24) is 4.98 Å². The molecule has 2 aromatic rings. The third-order valence-electron chi connectivity index (χ3n) is 3.71. The molecule has 136 valence electrons. The Morgan fingerprint density at radius 2 is 2.20 bits per heavy atom. The molecule has 1 unspecified atom stereocenters. The van der Waals surface area contributed by atoms with Crippen LogP contribution < -0.4 is 15.8 Å². The first-order valence-corrected chi connectivity index (χ1v) is 8.93. The van der Waals surface area contributed by atoms with Gasteiger partial charge < -0.3 is 20.5 Å². The number of amides is 1. The lowest BCUT2D eigenvalue weighted by atomic mass is 10.2. The number of halogens is 1. The molecule has 1 aliphatic heterocycles. The van der Waals surface area contributed by atoms with Crippen molar-refractivity contribution in [2.24, 2.45) is 5.73 Å². The predicted molar refractivity (Wildman–Crippen MR) is 101 cm³/mol. The van der Waals surface area contributed by atoms with Gasteiger partial charge in [-0.05, 0) is 43.7 Å². The lowest BCUT2D eigenvalue weighted by Gasteiger charge is -2.11. The highest BCUT2D eigenvalue weighted by Crippen LogP contribution is 2.19. The summed E-state index contributed by atoms with van der Waals surface area (Å²) in [4.78, 5) is 16.4. The number of aromatic nitrogens is 1. The molecule has 1 atom stereocenters. The van der Waals surface area contributed by atoms with Gasteiger partial charge in [-0.3, -0.25) is 4.79 Å². The van der Waals surface area contributed by atoms with Crippen LogP contribution in [-0.4, -0.2) is 36.8 Å². The van der Waals surface area contributed by atoms with Gasteiger partial charge in [0.25, 0.3) is 5.91 Å².